The molecule has 0 bridgehead atoms. The number of amides is 2. The SMILES string of the molecule is O=C(COc1ccc(F)cc1Cl)NNC(=O)c1cc(Br)c[nH]1. The summed E-state index contributed by atoms with van der Waals surface area (Å²) in [6, 6.07) is 5.08. The molecular formula is C13H10BrClFN3O3. The van der Waals surface area contributed by atoms with Gasteiger partial charge in [0.15, 0.2) is 6.61 Å². The molecule has 3 N–H and O–H groups in total. The number of rotatable bonds is 4. The molecule has 0 saturated carbocycles. The molecule has 6 nitrogen and oxygen atoms in total. The minimum absolute atomic E-state index is 0.0491. The molecule has 1 aromatic carbocycles. The van der Waals surface area contributed by atoms with E-state index in [1.165, 1.54) is 6.07 Å². The van der Waals surface area contributed by atoms with Crippen LogP contribution < -0.4 is 15.6 Å². The fourth-order valence-corrected chi connectivity index (χ4v) is 2.03. The number of carbonyl (C=O) groups excluding carboxylic acids is 2. The maximum absolute atomic E-state index is 12.8. The van der Waals surface area contributed by atoms with Gasteiger partial charge in [0, 0.05) is 10.7 Å². The summed E-state index contributed by atoms with van der Waals surface area (Å²) in [4.78, 5) is 25.9. The van der Waals surface area contributed by atoms with Crippen molar-refractivity contribution in [3.8, 4) is 5.75 Å². The lowest BCUT2D eigenvalue weighted by molar-refractivity contribution is -0.123. The van der Waals surface area contributed by atoms with Crippen LogP contribution in [0.25, 0.3) is 0 Å². The van der Waals surface area contributed by atoms with Gasteiger partial charge in [-0.15, -0.1) is 0 Å². The van der Waals surface area contributed by atoms with Crippen LogP contribution in [-0.4, -0.2) is 23.4 Å². The maximum Gasteiger partial charge on any atom is 0.286 e. The third kappa shape index (κ3) is 4.47. The summed E-state index contributed by atoms with van der Waals surface area (Å²) in [5.41, 5.74) is 4.66. The molecule has 0 fully saturated rings. The van der Waals surface area contributed by atoms with Crippen LogP contribution in [0.3, 0.4) is 0 Å². The number of hydrogen-bond acceptors (Lipinski definition) is 3. The number of carbonyl (C=O) groups is 2. The molecule has 0 atom stereocenters. The zero-order chi connectivity index (χ0) is 16.1. The first-order valence-corrected chi connectivity index (χ1v) is 7.14. The highest BCUT2D eigenvalue weighted by atomic mass is 79.9. The van der Waals surface area contributed by atoms with Crippen molar-refractivity contribution in [2.24, 2.45) is 0 Å². The first-order chi connectivity index (χ1) is 10.5. The van der Waals surface area contributed by atoms with Crippen LogP contribution in [0.4, 0.5) is 4.39 Å². The molecule has 1 heterocycles. The third-order valence-corrected chi connectivity index (χ3v) is 3.21. The van der Waals surface area contributed by atoms with Gasteiger partial charge in [-0.3, -0.25) is 20.4 Å². The number of H-pyrrole nitrogens is 1. The summed E-state index contributed by atoms with van der Waals surface area (Å²) >= 11 is 8.93. The smallest absolute Gasteiger partial charge is 0.286 e. The zero-order valence-corrected chi connectivity index (χ0v) is 13.3. The van der Waals surface area contributed by atoms with Gasteiger partial charge in [0.25, 0.3) is 11.8 Å². The van der Waals surface area contributed by atoms with Crippen LogP contribution in [-0.2, 0) is 4.79 Å². The Bertz CT molecular complexity index is 708. The van der Waals surface area contributed by atoms with Crippen LogP contribution in [0.15, 0.2) is 34.9 Å². The first kappa shape index (κ1) is 16.3. The number of halogens is 3. The van der Waals surface area contributed by atoms with Crippen LogP contribution in [0.2, 0.25) is 5.02 Å². The second-order valence-corrected chi connectivity index (χ2v) is 5.42. The molecular weight excluding hydrogens is 381 g/mol. The topological polar surface area (TPSA) is 83.2 Å². The fraction of sp³-hybridized carbons (Fsp3) is 0.0769. The third-order valence-electron chi connectivity index (χ3n) is 2.46. The van der Waals surface area contributed by atoms with Gasteiger partial charge in [0.05, 0.1) is 5.02 Å². The van der Waals surface area contributed by atoms with Crippen molar-refractivity contribution in [1.29, 1.82) is 0 Å². The molecule has 2 aromatic rings. The highest BCUT2D eigenvalue weighted by Crippen LogP contribution is 2.24. The summed E-state index contributed by atoms with van der Waals surface area (Å²) < 4.78 is 18.7. The summed E-state index contributed by atoms with van der Waals surface area (Å²) in [6.07, 6.45) is 1.58. The number of nitrogens with one attached hydrogen (secondary N) is 3. The van der Waals surface area contributed by atoms with E-state index in [9.17, 15) is 14.0 Å². The van der Waals surface area contributed by atoms with Crippen molar-refractivity contribution in [2.75, 3.05) is 6.61 Å². The Balaban J connectivity index is 1.79. The highest BCUT2D eigenvalue weighted by molar-refractivity contribution is 9.10. The molecule has 116 valence electrons. The zero-order valence-electron chi connectivity index (χ0n) is 11.0. The van der Waals surface area contributed by atoms with Crippen molar-refractivity contribution >= 4 is 39.3 Å². The van der Waals surface area contributed by atoms with Crippen LogP contribution >= 0.6 is 27.5 Å². The standard InChI is InChI=1S/C13H10BrClFN3O3/c14-7-3-10(17-5-7)13(21)19-18-12(20)6-22-11-2-1-8(16)4-9(11)15/h1-5,17H,6H2,(H,18,20)(H,19,21). The van der Waals surface area contributed by atoms with Crippen LogP contribution in [0.1, 0.15) is 10.5 Å². The average Bonchev–Trinajstić information content (AvgIpc) is 2.90. The molecule has 0 saturated heterocycles. The fourth-order valence-electron chi connectivity index (χ4n) is 1.46. The van der Waals surface area contributed by atoms with E-state index >= 15 is 0 Å². The Morgan fingerprint density at radius 3 is 2.73 bits per heavy atom. The van der Waals surface area contributed by atoms with Crippen molar-refractivity contribution in [2.45, 2.75) is 0 Å². The average molecular weight is 391 g/mol. The lowest BCUT2D eigenvalue weighted by Crippen LogP contribution is -2.43. The number of ether oxygens (including phenoxy) is 1. The van der Waals surface area contributed by atoms with Gasteiger partial charge in [0.2, 0.25) is 0 Å². The Morgan fingerprint density at radius 1 is 1.32 bits per heavy atom. The molecule has 22 heavy (non-hydrogen) atoms. The molecule has 0 radical (unpaired) electrons. The van der Waals surface area contributed by atoms with Crippen LogP contribution in [0, 0.1) is 5.82 Å². The highest BCUT2D eigenvalue weighted by Gasteiger charge is 2.10. The van der Waals surface area contributed by atoms with E-state index < -0.39 is 17.6 Å². The lowest BCUT2D eigenvalue weighted by Gasteiger charge is -2.09. The predicted molar refractivity (Wildman–Crippen MR) is 81.0 cm³/mol. The molecule has 0 aliphatic heterocycles. The van der Waals surface area contributed by atoms with E-state index in [0.717, 1.165) is 12.1 Å². The van der Waals surface area contributed by atoms with Gasteiger partial charge in [-0.05, 0) is 40.2 Å². The van der Waals surface area contributed by atoms with Crippen molar-refractivity contribution in [3.63, 3.8) is 0 Å². The quantitative estimate of drug-likeness (QED) is 0.701. The van der Waals surface area contributed by atoms with Gasteiger partial charge in [-0.1, -0.05) is 11.6 Å². The summed E-state index contributed by atoms with van der Waals surface area (Å²) in [6.45, 7) is -0.389. The molecule has 1 aromatic heterocycles. The molecule has 0 spiro atoms. The monoisotopic (exact) mass is 389 g/mol. The van der Waals surface area contributed by atoms with Gasteiger partial charge < -0.3 is 9.72 Å². The van der Waals surface area contributed by atoms with E-state index in [1.807, 2.05) is 0 Å². The van der Waals surface area contributed by atoms with E-state index in [1.54, 1.807) is 12.3 Å². The predicted octanol–water partition coefficient (Wildman–Crippen LogP) is 2.41. The number of aromatic nitrogens is 1. The number of hydrogen-bond donors (Lipinski definition) is 3. The van der Waals surface area contributed by atoms with Gasteiger partial charge in [-0.25, -0.2) is 4.39 Å². The van der Waals surface area contributed by atoms with Crippen LogP contribution in [0.5, 0.6) is 5.75 Å². The van der Waals surface area contributed by atoms with Crippen molar-refractivity contribution < 1.29 is 18.7 Å². The van der Waals surface area contributed by atoms with Gasteiger partial charge >= 0.3 is 0 Å². The largest absolute Gasteiger partial charge is 0.482 e. The Hall–Kier alpha value is -2.06. The molecule has 2 rings (SSSR count). The Kier molecular flexibility index (Phi) is 5.40. The molecule has 2 amide bonds. The number of hydrazine groups is 1. The Labute approximate surface area is 138 Å². The normalized spacial score (nSPS) is 10.1. The molecule has 0 aliphatic carbocycles. The minimum atomic E-state index is -0.598. The van der Waals surface area contributed by atoms with E-state index in [4.69, 9.17) is 16.3 Å². The lowest BCUT2D eigenvalue weighted by atomic mass is 10.3. The molecule has 0 unspecified atom stereocenters. The summed E-state index contributed by atoms with van der Waals surface area (Å²) in [5.74, 6) is -1.46. The summed E-state index contributed by atoms with van der Waals surface area (Å²) in [5, 5.41) is 0.0491. The van der Waals surface area contributed by atoms with Gasteiger partial charge in [0.1, 0.15) is 17.3 Å². The molecule has 9 heteroatoms. The second-order valence-electron chi connectivity index (χ2n) is 4.10. The van der Waals surface area contributed by atoms with Gasteiger partial charge in [-0.2, -0.15) is 0 Å². The first-order valence-electron chi connectivity index (χ1n) is 5.96. The number of benzene rings is 1. The minimum Gasteiger partial charge on any atom is -0.482 e. The summed E-state index contributed by atoms with van der Waals surface area (Å²) in [7, 11) is 0. The van der Waals surface area contributed by atoms with E-state index in [-0.39, 0.29) is 23.1 Å². The van der Waals surface area contributed by atoms with Crippen molar-refractivity contribution in [3.05, 3.63) is 51.5 Å². The second kappa shape index (κ2) is 7.28. The maximum atomic E-state index is 12.8. The van der Waals surface area contributed by atoms with Crippen molar-refractivity contribution in [1.82, 2.24) is 15.8 Å². The number of aromatic amines is 1. The van der Waals surface area contributed by atoms with E-state index in [0.29, 0.717) is 4.47 Å². The molecule has 0 aliphatic rings. The van der Waals surface area contributed by atoms with E-state index in [2.05, 4.69) is 31.8 Å². The Morgan fingerprint density at radius 2 is 2.09 bits per heavy atom.